The summed E-state index contributed by atoms with van der Waals surface area (Å²) in [6.45, 7) is 1.94. The Hall–Kier alpha value is -1.25. The highest BCUT2D eigenvalue weighted by Crippen LogP contribution is 2.35. The van der Waals surface area contributed by atoms with Gasteiger partial charge in [0.25, 0.3) is 5.91 Å². The van der Waals surface area contributed by atoms with Crippen molar-refractivity contribution in [2.75, 3.05) is 0 Å². The summed E-state index contributed by atoms with van der Waals surface area (Å²) in [7, 11) is 0. The third kappa shape index (κ3) is 1.99. The average molecular weight is 233 g/mol. The van der Waals surface area contributed by atoms with E-state index in [-0.39, 0.29) is 5.91 Å². The van der Waals surface area contributed by atoms with Crippen LogP contribution in [-0.2, 0) is 0 Å². The number of nitrogens with zero attached hydrogens (tertiary/aromatic N) is 1. The molecule has 3 rings (SSSR count). The van der Waals surface area contributed by atoms with Crippen LogP contribution in [0.25, 0.3) is 0 Å². The van der Waals surface area contributed by atoms with Gasteiger partial charge in [-0.15, -0.1) is 0 Å². The van der Waals surface area contributed by atoms with Gasteiger partial charge in [-0.3, -0.25) is 4.79 Å². The Morgan fingerprint density at radius 1 is 1.24 bits per heavy atom. The van der Waals surface area contributed by atoms with E-state index in [1.165, 1.54) is 38.5 Å². The first kappa shape index (κ1) is 10.9. The van der Waals surface area contributed by atoms with Crippen LogP contribution in [0.4, 0.5) is 0 Å². The number of furan rings is 1. The van der Waals surface area contributed by atoms with Crippen molar-refractivity contribution in [3.63, 3.8) is 0 Å². The highest BCUT2D eigenvalue weighted by molar-refractivity contribution is 5.93. The first-order chi connectivity index (χ1) is 8.27. The second kappa shape index (κ2) is 4.21. The van der Waals surface area contributed by atoms with Crippen LogP contribution in [0.5, 0.6) is 0 Å². The number of amides is 1. The Balaban J connectivity index is 1.83. The molecular weight excluding hydrogens is 214 g/mol. The molecular formula is C14H19NO2. The van der Waals surface area contributed by atoms with Gasteiger partial charge in [0.05, 0.1) is 6.26 Å². The van der Waals surface area contributed by atoms with Gasteiger partial charge in [-0.2, -0.15) is 0 Å². The Morgan fingerprint density at radius 2 is 1.88 bits per heavy atom. The van der Waals surface area contributed by atoms with E-state index in [0.29, 0.717) is 17.8 Å². The van der Waals surface area contributed by atoms with Gasteiger partial charge >= 0.3 is 0 Å². The molecule has 0 N–H and O–H groups in total. The molecule has 2 aliphatic rings. The van der Waals surface area contributed by atoms with Gasteiger partial charge in [0.1, 0.15) is 0 Å². The van der Waals surface area contributed by atoms with Crippen LogP contribution in [0.1, 0.15) is 54.6 Å². The van der Waals surface area contributed by atoms with Gasteiger partial charge in [-0.1, -0.05) is 12.8 Å². The van der Waals surface area contributed by atoms with Gasteiger partial charge in [-0.25, -0.2) is 0 Å². The first-order valence-electron chi connectivity index (χ1n) is 6.64. The number of carbonyl (C=O) groups is 1. The third-order valence-corrected chi connectivity index (χ3v) is 3.95. The highest BCUT2D eigenvalue weighted by Gasteiger charge is 2.39. The van der Waals surface area contributed by atoms with E-state index in [4.69, 9.17) is 4.42 Å². The summed E-state index contributed by atoms with van der Waals surface area (Å²) in [5.74, 6) is 0.658. The van der Waals surface area contributed by atoms with E-state index in [0.717, 1.165) is 5.56 Å². The van der Waals surface area contributed by atoms with E-state index in [1.54, 1.807) is 6.26 Å². The maximum atomic E-state index is 12.5. The lowest BCUT2D eigenvalue weighted by atomic mass is 10.1. The van der Waals surface area contributed by atoms with Crippen molar-refractivity contribution in [1.82, 2.24) is 4.90 Å². The minimum absolute atomic E-state index is 0.113. The maximum Gasteiger partial charge on any atom is 0.290 e. The van der Waals surface area contributed by atoms with Crippen LogP contribution in [0.3, 0.4) is 0 Å². The minimum atomic E-state index is 0.113. The molecule has 0 bridgehead atoms. The number of carbonyl (C=O) groups excluding carboxylic acids is 1. The molecule has 0 atom stereocenters. The zero-order chi connectivity index (χ0) is 11.8. The lowest BCUT2D eigenvalue weighted by molar-refractivity contribution is 0.0630. The fourth-order valence-electron chi connectivity index (χ4n) is 2.87. The molecule has 0 spiro atoms. The molecule has 0 aromatic carbocycles. The zero-order valence-corrected chi connectivity index (χ0v) is 10.3. The zero-order valence-electron chi connectivity index (χ0n) is 10.3. The molecule has 3 nitrogen and oxygen atoms in total. The average Bonchev–Trinajstić information content (AvgIpc) is 2.82. The summed E-state index contributed by atoms with van der Waals surface area (Å²) in [6, 6.07) is 2.81. The molecule has 1 aromatic heterocycles. The van der Waals surface area contributed by atoms with E-state index in [2.05, 4.69) is 4.90 Å². The standard InChI is InChI=1S/C14H19NO2/c1-10-8-9-17-13(10)14(16)15(12-6-7-12)11-4-2-3-5-11/h8-9,11-12H,2-7H2,1H3. The van der Waals surface area contributed by atoms with E-state index < -0.39 is 0 Å². The van der Waals surface area contributed by atoms with Crippen molar-refractivity contribution in [2.24, 2.45) is 0 Å². The summed E-state index contributed by atoms with van der Waals surface area (Å²) >= 11 is 0. The van der Waals surface area contributed by atoms with Crippen molar-refractivity contribution < 1.29 is 9.21 Å². The molecule has 0 unspecified atom stereocenters. The Kier molecular flexibility index (Phi) is 2.69. The predicted octanol–water partition coefficient (Wildman–Crippen LogP) is 3.14. The molecule has 2 aliphatic carbocycles. The first-order valence-corrected chi connectivity index (χ1v) is 6.64. The number of rotatable bonds is 3. The second-order valence-corrected chi connectivity index (χ2v) is 5.31. The SMILES string of the molecule is Cc1ccoc1C(=O)N(C1CCCC1)C1CC1. The lowest BCUT2D eigenvalue weighted by Gasteiger charge is -2.28. The third-order valence-electron chi connectivity index (χ3n) is 3.95. The summed E-state index contributed by atoms with van der Waals surface area (Å²) in [5, 5.41) is 0. The smallest absolute Gasteiger partial charge is 0.290 e. The highest BCUT2D eigenvalue weighted by atomic mass is 16.3. The van der Waals surface area contributed by atoms with Crippen LogP contribution in [0.15, 0.2) is 16.7 Å². The summed E-state index contributed by atoms with van der Waals surface area (Å²) in [6.07, 6.45) is 8.81. The summed E-state index contributed by atoms with van der Waals surface area (Å²) < 4.78 is 5.35. The maximum absolute atomic E-state index is 12.5. The van der Waals surface area contributed by atoms with Crippen LogP contribution in [0, 0.1) is 6.92 Å². The Labute approximate surface area is 102 Å². The number of aryl methyl sites for hydroxylation is 1. The molecule has 0 saturated heterocycles. The fraction of sp³-hybridized carbons (Fsp3) is 0.643. The van der Waals surface area contributed by atoms with Crippen molar-refractivity contribution in [3.8, 4) is 0 Å². The quantitative estimate of drug-likeness (QED) is 0.803. The lowest BCUT2D eigenvalue weighted by Crippen LogP contribution is -2.40. The van der Waals surface area contributed by atoms with Crippen LogP contribution in [0.2, 0.25) is 0 Å². The largest absolute Gasteiger partial charge is 0.459 e. The van der Waals surface area contributed by atoms with Crippen LogP contribution in [-0.4, -0.2) is 22.9 Å². The van der Waals surface area contributed by atoms with E-state index >= 15 is 0 Å². The van der Waals surface area contributed by atoms with Gasteiger partial charge in [0.15, 0.2) is 5.76 Å². The van der Waals surface area contributed by atoms with Crippen molar-refractivity contribution in [1.29, 1.82) is 0 Å². The van der Waals surface area contributed by atoms with Crippen molar-refractivity contribution in [2.45, 2.75) is 57.5 Å². The molecule has 1 heterocycles. The molecule has 3 heteroatoms. The van der Waals surface area contributed by atoms with Crippen molar-refractivity contribution in [3.05, 3.63) is 23.7 Å². The Bertz CT molecular complexity index is 414. The number of hydrogen-bond donors (Lipinski definition) is 0. The fourth-order valence-corrected chi connectivity index (χ4v) is 2.87. The molecule has 0 radical (unpaired) electrons. The van der Waals surface area contributed by atoms with E-state index in [9.17, 15) is 4.79 Å². The van der Waals surface area contributed by atoms with Crippen LogP contribution >= 0.6 is 0 Å². The molecule has 2 fully saturated rings. The molecule has 17 heavy (non-hydrogen) atoms. The van der Waals surface area contributed by atoms with Gasteiger partial charge < -0.3 is 9.32 Å². The van der Waals surface area contributed by atoms with Crippen LogP contribution < -0.4 is 0 Å². The van der Waals surface area contributed by atoms with Crippen molar-refractivity contribution >= 4 is 5.91 Å². The normalized spacial score (nSPS) is 20.8. The summed E-state index contributed by atoms with van der Waals surface area (Å²) in [5.41, 5.74) is 0.957. The molecule has 92 valence electrons. The molecule has 1 aromatic rings. The minimum Gasteiger partial charge on any atom is -0.459 e. The Morgan fingerprint density at radius 3 is 2.41 bits per heavy atom. The van der Waals surface area contributed by atoms with Gasteiger partial charge in [0.2, 0.25) is 0 Å². The van der Waals surface area contributed by atoms with Gasteiger partial charge in [-0.05, 0) is 38.7 Å². The topological polar surface area (TPSA) is 33.5 Å². The predicted molar refractivity (Wildman–Crippen MR) is 64.9 cm³/mol. The second-order valence-electron chi connectivity index (χ2n) is 5.31. The monoisotopic (exact) mass is 233 g/mol. The molecule has 0 aliphatic heterocycles. The summed E-state index contributed by atoms with van der Waals surface area (Å²) in [4.78, 5) is 14.6. The van der Waals surface area contributed by atoms with Gasteiger partial charge in [0, 0.05) is 17.6 Å². The molecule has 2 saturated carbocycles. The molecule has 1 amide bonds. The number of hydrogen-bond acceptors (Lipinski definition) is 2. The van der Waals surface area contributed by atoms with E-state index in [1.807, 2.05) is 13.0 Å².